The number of anilines is 1. The third-order valence-electron chi connectivity index (χ3n) is 6.93. The van der Waals surface area contributed by atoms with Gasteiger partial charge in [-0.3, -0.25) is 9.59 Å². The molecular weight excluding hydrogens is 498 g/mol. The summed E-state index contributed by atoms with van der Waals surface area (Å²) in [6, 6.07) is 4.75. The van der Waals surface area contributed by atoms with Crippen LogP contribution in [0.25, 0.3) is 0 Å². The number of likely N-dealkylation sites (N-methyl/N-ethyl adjacent to an activating group) is 1. The van der Waals surface area contributed by atoms with Crippen molar-refractivity contribution in [2.75, 3.05) is 32.1 Å². The van der Waals surface area contributed by atoms with Crippen LogP contribution in [0.1, 0.15) is 32.3 Å². The quantitative estimate of drug-likeness (QED) is 0.521. The van der Waals surface area contributed by atoms with E-state index in [1.54, 1.807) is 41.6 Å². The third-order valence-corrected chi connectivity index (χ3v) is 8.63. The Morgan fingerprint density at radius 3 is 2.70 bits per heavy atom. The Labute approximate surface area is 217 Å². The maximum atomic E-state index is 13.3. The fraction of sp³-hybridized carbons (Fsp3) is 0.560. The first-order valence-electron chi connectivity index (χ1n) is 12.4. The van der Waals surface area contributed by atoms with Gasteiger partial charge in [0.2, 0.25) is 11.8 Å². The van der Waals surface area contributed by atoms with E-state index >= 15 is 0 Å². The summed E-state index contributed by atoms with van der Waals surface area (Å²) in [5.41, 5.74) is 1.16. The van der Waals surface area contributed by atoms with Crippen LogP contribution in [-0.4, -0.2) is 83.0 Å². The lowest BCUT2D eigenvalue weighted by atomic mass is 10.0. The van der Waals surface area contributed by atoms with Crippen molar-refractivity contribution in [1.29, 1.82) is 0 Å². The molecule has 12 heteroatoms. The Bertz CT molecular complexity index is 1260. The number of aromatic nitrogens is 2. The number of sulfonamides is 1. The molecule has 0 bridgehead atoms. The molecule has 0 spiro atoms. The SMILES string of the molecule is C[C@H]1CN([C@@H](C)CO)C(=O)Cc2cc(NC(=O)C3CC3)ccc2O[C@H]1CN(C)S(=O)(=O)c1cn(C)cn1. The second-order valence-electron chi connectivity index (χ2n) is 10.1. The summed E-state index contributed by atoms with van der Waals surface area (Å²) in [5.74, 6) is -0.000217. The minimum absolute atomic E-state index is 0.0221. The Hall–Kier alpha value is -2.96. The van der Waals surface area contributed by atoms with E-state index in [4.69, 9.17) is 4.74 Å². The first kappa shape index (κ1) is 27.1. The highest BCUT2D eigenvalue weighted by Crippen LogP contribution is 2.32. The van der Waals surface area contributed by atoms with Gasteiger partial charge in [-0.1, -0.05) is 6.92 Å². The smallest absolute Gasteiger partial charge is 0.261 e. The second kappa shape index (κ2) is 10.8. The molecule has 2 amide bonds. The zero-order valence-electron chi connectivity index (χ0n) is 21.6. The number of benzene rings is 1. The van der Waals surface area contributed by atoms with Gasteiger partial charge in [0.25, 0.3) is 10.0 Å². The molecule has 0 unspecified atom stereocenters. The molecule has 4 rings (SSSR count). The van der Waals surface area contributed by atoms with Gasteiger partial charge in [-0.15, -0.1) is 0 Å². The molecule has 37 heavy (non-hydrogen) atoms. The predicted octanol–water partition coefficient (Wildman–Crippen LogP) is 1.24. The summed E-state index contributed by atoms with van der Waals surface area (Å²) in [6.07, 6.45) is 4.04. The van der Waals surface area contributed by atoms with Gasteiger partial charge >= 0.3 is 0 Å². The number of hydrogen-bond acceptors (Lipinski definition) is 7. The molecular formula is C25H35N5O6S. The average Bonchev–Trinajstić information content (AvgIpc) is 3.61. The standard InChI is InChI=1S/C25H35N5O6S/c1-16-11-30(17(2)14-31)24(32)10-19-9-20(27-25(33)18-5-6-18)7-8-21(19)36-22(16)12-29(4)37(34,35)23-13-28(3)15-26-23/h7-9,13,15-18,22,31H,5-6,10-12,14H2,1-4H3,(H,27,33)/t16-,17-,22-/m0/s1. The first-order chi connectivity index (χ1) is 17.5. The number of fused-ring (bicyclic) bond motifs is 1. The number of ether oxygens (including phenoxy) is 1. The molecule has 1 aliphatic carbocycles. The van der Waals surface area contributed by atoms with Crippen LogP contribution < -0.4 is 10.1 Å². The fourth-order valence-electron chi connectivity index (χ4n) is 4.35. The van der Waals surface area contributed by atoms with Crippen molar-refractivity contribution in [1.82, 2.24) is 18.8 Å². The van der Waals surface area contributed by atoms with Crippen molar-refractivity contribution >= 4 is 27.5 Å². The molecule has 2 N–H and O–H groups in total. The minimum atomic E-state index is -3.86. The maximum Gasteiger partial charge on any atom is 0.261 e. The van der Waals surface area contributed by atoms with Crippen LogP contribution in [0.2, 0.25) is 0 Å². The van der Waals surface area contributed by atoms with E-state index < -0.39 is 22.2 Å². The Morgan fingerprint density at radius 1 is 1.35 bits per heavy atom. The second-order valence-corrected chi connectivity index (χ2v) is 12.1. The molecule has 202 valence electrons. The van der Waals surface area contributed by atoms with Crippen molar-refractivity contribution in [3.05, 3.63) is 36.3 Å². The van der Waals surface area contributed by atoms with Gasteiger partial charge in [-0.05, 0) is 38.0 Å². The number of aliphatic hydroxyl groups is 1. The van der Waals surface area contributed by atoms with Crippen molar-refractivity contribution < 1.29 is 27.9 Å². The van der Waals surface area contributed by atoms with Crippen LogP contribution in [0.5, 0.6) is 5.75 Å². The van der Waals surface area contributed by atoms with E-state index in [1.807, 2.05) is 6.92 Å². The summed E-state index contributed by atoms with van der Waals surface area (Å²) >= 11 is 0. The Balaban J connectivity index is 1.64. The highest BCUT2D eigenvalue weighted by molar-refractivity contribution is 7.89. The summed E-state index contributed by atoms with van der Waals surface area (Å²) in [6.45, 7) is 3.76. The molecule has 11 nitrogen and oxygen atoms in total. The van der Waals surface area contributed by atoms with Gasteiger partial charge in [0.05, 0.1) is 31.9 Å². The van der Waals surface area contributed by atoms with E-state index in [2.05, 4.69) is 10.3 Å². The minimum Gasteiger partial charge on any atom is -0.488 e. The van der Waals surface area contributed by atoms with Crippen molar-refractivity contribution in [2.24, 2.45) is 18.9 Å². The number of hydrogen-bond donors (Lipinski definition) is 2. The molecule has 3 atom stereocenters. The van der Waals surface area contributed by atoms with Gasteiger partial charge in [0.15, 0.2) is 5.03 Å². The Morgan fingerprint density at radius 2 is 2.08 bits per heavy atom. The van der Waals surface area contributed by atoms with Gasteiger partial charge in [0, 0.05) is 49.9 Å². The summed E-state index contributed by atoms with van der Waals surface area (Å²) in [5, 5.41) is 12.6. The molecule has 0 radical (unpaired) electrons. The van der Waals surface area contributed by atoms with Crippen molar-refractivity contribution in [2.45, 2.75) is 50.3 Å². The number of nitrogens with one attached hydrogen (secondary N) is 1. The number of amides is 2. The first-order valence-corrected chi connectivity index (χ1v) is 13.9. The molecule has 2 heterocycles. The molecule has 1 fully saturated rings. The highest BCUT2D eigenvalue weighted by Gasteiger charge is 2.34. The number of aliphatic hydroxyl groups excluding tert-OH is 1. The number of carbonyl (C=O) groups excluding carboxylic acids is 2. The largest absolute Gasteiger partial charge is 0.488 e. The normalized spacial score (nSPS) is 21.5. The van der Waals surface area contributed by atoms with Crippen molar-refractivity contribution in [3.63, 3.8) is 0 Å². The van der Waals surface area contributed by atoms with Crippen LogP contribution in [0.4, 0.5) is 5.69 Å². The summed E-state index contributed by atoms with van der Waals surface area (Å²) < 4.78 is 35.4. The van der Waals surface area contributed by atoms with Crippen LogP contribution >= 0.6 is 0 Å². The lowest BCUT2D eigenvalue weighted by Gasteiger charge is -2.33. The average molecular weight is 534 g/mol. The van der Waals surface area contributed by atoms with Crippen molar-refractivity contribution in [3.8, 4) is 5.75 Å². The lowest BCUT2D eigenvalue weighted by Crippen LogP contribution is -2.48. The number of aryl methyl sites for hydroxylation is 1. The molecule has 2 aromatic rings. The third kappa shape index (κ3) is 6.13. The van der Waals surface area contributed by atoms with Crippen LogP contribution in [0.3, 0.4) is 0 Å². The van der Waals surface area contributed by atoms with Crippen LogP contribution in [0.15, 0.2) is 35.7 Å². The highest BCUT2D eigenvalue weighted by atomic mass is 32.2. The molecule has 2 aliphatic rings. The number of nitrogens with zero attached hydrogens (tertiary/aromatic N) is 4. The maximum absolute atomic E-state index is 13.3. The summed E-state index contributed by atoms with van der Waals surface area (Å²) in [7, 11) is -0.691. The van der Waals surface area contributed by atoms with Crippen LogP contribution in [0, 0.1) is 11.8 Å². The number of imidazole rings is 1. The zero-order valence-corrected chi connectivity index (χ0v) is 22.4. The number of carbonyl (C=O) groups is 2. The van der Waals surface area contributed by atoms with E-state index in [9.17, 15) is 23.1 Å². The molecule has 1 aromatic carbocycles. The molecule has 1 saturated carbocycles. The van der Waals surface area contributed by atoms with Gasteiger partial charge < -0.3 is 24.6 Å². The van der Waals surface area contributed by atoms with E-state index in [1.165, 1.54) is 23.9 Å². The van der Waals surface area contributed by atoms with Gasteiger partial charge in [0.1, 0.15) is 11.9 Å². The van der Waals surface area contributed by atoms with Crippen LogP contribution in [-0.2, 0) is 33.1 Å². The topological polar surface area (TPSA) is 134 Å². The van der Waals surface area contributed by atoms with E-state index in [0.29, 0.717) is 17.0 Å². The molecule has 0 saturated heterocycles. The molecule has 1 aromatic heterocycles. The van der Waals surface area contributed by atoms with E-state index in [-0.39, 0.29) is 54.8 Å². The monoisotopic (exact) mass is 533 g/mol. The number of rotatable bonds is 8. The Kier molecular flexibility index (Phi) is 7.91. The van der Waals surface area contributed by atoms with E-state index in [0.717, 1.165) is 12.8 Å². The molecule has 1 aliphatic heterocycles. The van der Waals surface area contributed by atoms with Gasteiger partial charge in [-0.2, -0.15) is 4.31 Å². The zero-order chi connectivity index (χ0) is 26.9. The summed E-state index contributed by atoms with van der Waals surface area (Å²) in [4.78, 5) is 31.2. The predicted molar refractivity (Wildman–Crippen MR) is 136 cm³/mol. The fourth-order valence-corrected chi connectivity index (χ4v) is 5.49. The van der Waals surface area contributed by atoms with Gasteiger partial charge in [-0.25, -0.2) is 13.4 Å². The lowest BCUT2D eigenvalue weighted by molar-refractivity contribution is -0.134.